The smallest absolute Gasteiger partial charge is 0.316 e. The number of benzene rings is 2. The normalized spacial score (nSPS) is 14.3. The van der Waals surface area contributed by atoms with Gasteiger partial charge < -0.3 is 23.5 Å². The predicted octanol–water partition coefficient (Wildman–Crippen LogP) is 2.05. The minimum atomic E-state index is -4.10. The predicted molar refractivity (Wildman–Crippen MR) is 131 cm³/mol. The van der Waals surface area contributed by atoms with Crippen LogP contribution in [-0.2, 0) is 24.1 Å². The minimum absolute atomic E-state index is 0.0756. The van der Waals surface area contributed by atoms with E-state index in [2.05, 4.69) is 9.62 Å². The number of rotatable bonds is 6. The SMILES string of the molecule is COc1ccc(OC)c(S(=O)(=O)Nc2cc3c(cc2N2CCCCC2)n(C)c(=O)c(=O)n3C)c1. The monoisotopic (exact) mass is 488 g/mol. The largest absolute Gasteiger partial charge is 0.497 e. The number of nitrogens with one attached hydrogen (secondary N) is 1. The standard InChI is InChI=1S/C23H28N4O6S/c1-25-18-13-16(24-34(30,31)21-12-15(32-3)8-9-20(21)33-4)17(27-10-6-5-7-11-27)14-19(18)26(2)23(29)22(25)28/h8-9,12-14,24H,5-7,10-11H2,1-4H3. The number of ether oxygens (including phenoxy) is 2. The van der Waals surface area contributed by atoms with Crippen LogP contribution in [0, 0.1) is 0 Å². The van der Waals surface area contributed by atoms with Crippen LogP contribution in [-0.4, -0.2) is 44.9 Å². The fraction of sp³-hybridized carbons (Fsp3) is 0.391. The first-order valence-electron chi connectivity index (χ1n) is 10.9. The molecule has 0 aliphatic carbocycles. The third-order valence-corrected chi connectivity index (χ3v) is 7.60. The van der Waals surface area contributed by atoms with Crippen molar-refractivity contribution < 1.29 is 17.9 Å². The lowest BCUT2D eigenvalue weighted by atomic mass is 10.1. The van der Waals surface area contributed by atoms with Gasteiger partial charge in [-0.2, -0.15) is 0 Å². The van der Waals surface area contributed by atoms with Gasteiger partial charge in [-0.3, -0.25) is 14.3 Å². The lowest BCUT2D eigenvalue weighted by Gasteiger charge is -2.31. The third-order valence-electron chi connectivity index (χ3n) is 6.21. The molecule has 0 amide bonds. The summed E-state index contributed by atoms with van der Waals surface area (Å²) in [5.74, 6) is 0.539. The highest BCUT2D eigenvalue weighted by Crippen LogP contribution is 2.36. The molecule has 2 heterocycles. The summed E-state index contributed by atoms with van der Waals surface area (Å²) in [6, 6.07) is 7.90. The highest BCUT2D eigenvalue weighted by atomic mass is 32.2. The van der Waals surface area contributed by atoms with Crippen LogP contribution in [0.4, 0.5) is 11.4 Å². The second kappa shape index (κ2) is 9.05. The number of fused-ring (bicyclic) bond motifs is 1. The Labute approximate surface area is 197 Å². The van der Waals surface area contributed by atoms with E-state index in [0.717, 1.165) is 32.4 Å². The van der Waals surface area contributed by atoms with Crippen molar-refractivity contribution in [2.24, 2.45) is 14.1 Å². The molecule has 0 saturated carbocycles. The van der Waals surface area contributed by atoms with Crippen molar-refractivity contribution in [3.8, 4) is 11.5 Å². The summed E-state index contributed by atoms with van der Waals surface area (Å²) in [7, 11) is 1.79. The molecule has 11 heteroatoms. The van der Waals surface area contributed by atoms with Crippen LogP contribution in [0.15, 0.2) is 44.8 Å². The number of nitrogens with zero attached hydrogens (tertiary/aromatic N) is 3. The van der Waals surface area contributed by atoms with Crippen LogP contribution in [0.25, 0.3) is 11.0 Å². The van der Waals surface area contributed by atoms with E-state index in [0.29, 0.717) is 28.2 Å². The maximum absolute atomic E-state index is 13.5. The molecule has 0 unspecified atom stereocenters. The Kier molecular flexibility index (Phi) is 6.30. The van der Waals surface area contributed by atoms with Gasteiger partial charge in [-0.15, -0.1) is 0 Å². The minimum Gasteiger partial charge on any atom is -0.497 e. The Hall–Kier alpha value is -3.47. The van der Waals surface area contributed by atoms with Crippen LogP contribution >= 0.6 is 0 Å². The van der Waals surface area contributed by atoms with Gasteiger partial charge in [-0.05, 0) is 43.5 Å². The third kappa shape index (κ3) is 4.11. The zero-order chi connectivity index (χ0) is 24.6. The molecule has 0 atom stereocenters. The lowest BCUT2D eigenvalue weighted by molar-refractivity contribution is 0.392. The van der Waals surface area contributed by atoms with E-state index in [1.54, 1.807) is 18.2 Å². The zero-order valence-electron chi connectivity index (χ0n) is 19.6. The number of hydrogen-bond acceptors (Lipinski definition) is 7. The van der Waals surface area contributed by atoms with Gasteiger partial charge in [0.15, 0.2) is 0 Å². The molecule has 1 aromatic heterocycles. The number of hydrogen-bond donors (Lipinski definition) is 1. The molecule has 1 aliphatic rings. The van der Waals surface area contributed by atoms with Crippen LogP contribution in [0.3, 0.4) is 0 Å². The average Bonchev–Trinajstić information content (AvgIpc) is 2.85. The molecule has 34 heavy (non-hydrogen) atoms. The summed E-state index contributed by atoms with van der Waals surface area (Å²) in [5, 5.41) is 0. The number of aromatic nitrogens is 2. The summed E-state index contributed by atoms with van der Waals surface area (Å²) >= 11 is 0. The first-order chi connectivity index (χ1) is 16.2. The van der Waals surface area contributed by atoms with E-state index >= 15 is 0 Å². The molecule has 0 spiro atoms. The van der Waals surface area contributed by atoms with E-state index in [1.807, 2.05) is 0 Å². The molecular formula is C23H28N4O6S. The Balaban J connectivity index is 1.94. The number of sulfonamides is 1. The van der Waals surface area contributed by atoms with Crippen LogP contribution in [0.5, 0.6) is 11.5 Å². The van der Waals surface area contributed by atoms with Crippen LogP contribution in [0.2, 0.25) is 0 Å². The van der Waals surface area contributed by atoms with Crippen molar-refractivity contribution in [3.05, 3.63) is 51.0 Å². The highest BCUT2D eigenvalue weighted by molar-refractivity contribution is 7.92. The number of methoxy groups -OCH3 is 2. The summed E-state index contributed by atoms with van der Waals surface area (Å²) in [6.07, 6.45) is 3.04. The van der Waals surface area contributed by atoms with Gasteiger partial charge in [0.2, 0.25) is 0 Å². The van der Waals surface area contributed by atoms with Gasteiger partial charge in [0, 0.05) is 33.3 Å². The van der Waals surface area contributed by atoms with Crippen molar-refractivity contribution in [1.29, 1.82) is 0 Å². The topological polar surface area (TPSA) is 112 Å². The second-order valence-corrected chi connectivity index (χ2v) is 9.91. The average molecular weight is 489 g/mol. The van der Waals surface area contributed by atoms with E-state index in [4.69, 9.17) is 9.47 Å². The maximum Gasteiger partial charge on any atom is 0.316 e. The summed E-state index contributed by atoms with van der Waals surface area (Å²) in [6.45, 7) is 1.50. The molecule has 182 valence electrons. The molecule has 1 aliphatic heterocycles. The molecule has 4 rings (SSSR count). The Morgan fingerprint density at radius 3 is 2.06 bits per heavy atom. The quantitative estimate of drug-likeness (QED) is 0.529. The molecular weight excluding hydrogens is 460 g/mol. The maximum atomic E-state index is 13.5. The molecule has 1 saturated heterocycles. The van der Waals surface area contributed by atoms with Crippen molar-refractivity contribution in [2.75, 3.05) is 36.9 Å². The van der Waals surface area contributed by atoms with Gasteiger partial charge in [0.1, 0.15) is 16.4 Å². The Bertz CT molecular complexity index is 1470. The molecule has 0 radical (unpaired) electrons. The number of piperidine rings is 1. The van der Waals surface area contributed by atoms with E-state index < -0.39 is 21.1 Å². The van der Waals surface area contributed by atoms with E-state index in [9.17, 15) is 18.0 Å². The van der Waals surface area contributed by atoms with Gasteiger partial charge in [0.25, 0.3) is 10.0 Å². The zero-order valence-corrected chi connectivity index (χ0v) is 20.4. The molecule has 2 aromatic carbocycles. The summed E-state index contributed by atoms with van der Waals surface area (Å²) < 4.78 is 42.7. The van der Waals surface area contributed by atoms with E-state index in [1.165, 1.54) is 49.6 Å². The summed E-state index contributed by atoms with van der Waals surface area (Å²) in [5.41, 5.74) is 0.593. The molecule has 1 fully saturated rings. The van der Waals surface area contributed by atoms with Crippen molar-refractivity contribution in [2.45, 2.75) is 24.2 Å². The molecule has 1 N–H and O–H groups in total. The van der Waals surface area contributed by atoms with Gasteiger partial charge in [-0.1, -0.05) is 0 Å². The fourth-order valence-corrected chi connectivity index (χ4v) is 5.53. The summed E-state index contributed by atoms with van der Waals surface area (Å²) in [4.78, 5) is 26.8. The van der Waals surface area contributed by atoms with Crippen LogP contribution in [0.1, 0.15) is 19.3 Å². The van der Waals surface area contributed by atoms with Crippen LogP contribution < -0.4 is 30.2 Å². The first-order valence-corrected chi connectivity index (χ1v) is 12.4. The van der Waals surface area contributed by atoms with Gasteiger partial charge in [-0.25, -0.2) is 8.42 Å². The molecule has 0 bridgehead atoms. The Morgan fingerprint density at radius 2 is 1.47 bits per heavy atom. The van der Waals surface area contributed by atoms with Crippen molar-refractivity contribution >= 4 is 32.4 Å². The Morgan fingerprint density at radius 1 is 0.853 bits per heavy atom. The van der Waals surface area contributed by atoms with Crippen molar-refractivity contribution in [1.82, 2.24) is 9.13 Å². The van der Waals surface area contributed by atoms with Gasteiger partial charge in [0.05, 0.1) is 36.6 Å². The number of aryl methyl sites for hydroxylation is 2. The molecule has 10 nitrogen and oxygen atoms in total. The van der Waals surface area contributed by atoms with Gasteiger partial charge >= 0.3 is 11.1 Å². The highest BCUT2D eigenvalue weighted by Gasteiger charge is 2.25. The lowest BCUT2D eigenvalue weighted by Crippen LogP contribution is -2.39. The van der Waals surface area contributed by atoms with E-state index in [-0.39, 0.29) is 10.6 Å². The van der Waals surface area contributed by atoms with Crippen molar-refractivity contribution in [3.63, 3.8) is 0 Å². The fourth-order valence-electron chi connectivity index (χ4n) is 4.28. The second-order valence-electron chi connectivity index (χ2n) is 8.26. The number of anilines is 2. The first kappa shape index (κ1) is 23.7. The molecule has 3 aromatic rings.